The molecule has 0 aliphatic rings. The second-order valence-corrected chi connectivity index (χ2v) is 6.29. The van der Waals surface area contributed by atoms with Gasteiger partial charge in [-0.15, -0.1) is 0 Å². The first-order valence-electron chi connectivity index (χ1n) is 6.36. The zero-order valence-electron chi connectivity index (χ0n) is 11.1. The van der Waals surface area contributed by atoms with Gasteiger partial charge in [0.25, 0.3) is 0 Å². The fraction of sp³-hybridized carbons (Fsp3) is 0.214. The molecule has 0 fully saturated rings. The lowest BCUT2D eigenvalue weighted by Gasteiger charge is -2.33. The van der Waals surface area contributed by atoms with Crippen LogP contribution in [0, 0.1) is 5.21 Å². The second-order valence-electron chi connectivity index (χ2n) is 4.62. The Labute approximate surface area is 121 Å². The molecule has 7 heteroatoms. The zero-order chi connectivity index (χ0) is 15.5. The molecule has 0 unspecified atom stereocenters. The summed E-state index contributed by atoms with van der Waals surface area (Å²) in [6.45, 7) is -0.323. The first-order chi connectivity index (χ1) is 9.88. The Morgan fingerprint density at radius 2 is 1.76 bits per heavy atom. The SMILES string of the molecule is O=C(c1cccc2ccccc12)N([O-])CCCP(=O)([O-])[O-]. The molecule has 1 amide bonds. The molecule has 2 rings (SSSR count). The highest BCUT2D eigenvalue weighted by Crippen LogP contribution is 2.24. The third kappa shape index (κ3) is 4.12. The second kappa shape index (κ2) is 6.37. The molecule has 21 heavy (non-hydrogen) atoms. The van der Waals surface area contributed by atoms with Gasteiger partial charge in [0.15, 0.2) is 0 Å². The van der Waals surface area contributed by atoms with Gasteiger partial charge >= 0.3 is 0 Å². The summed E-state index contributed by atoms with van der Waals surface area (Å²) >= 11 is 0. The van der Waals surface area contributed by atoms with E-state index in [4.69, 9.17) is 0 Å². The summed E-state index contributed by atoms with van der Waals surface area (Å²) in [4.78, 5) is 33.1. The predicted octanol–water partition coefficient (Wildman–Crippen LogP) is 1.08. The van der Waals surface area contributed by atoms with E-state index in [9.17, 15) is 24.4 Å². The van der Waals surface area contributed by atoms with Gasteiger partial charge in [0.2, 0.25) is 5.91 Å². The van der Waals surface area contributed by atoms with Crippen LogP contribution in [-0.4, -0.2) is 23.7 Å². The standard InChI is InChI=1S/C14H15NO5P/c16-14(15(17)9-4-10-21(18,19)20)13-8-3-6-11-5-1-2-7-12(11)13/h1-3,5-8H,4,9-10H2,(H2,18,19,20)/q-1/p-2. The number of hydrogen-bond donors (Lipinski definition) is 0. The summed E-state index contributed by atoms with van der Waals surface area (Å²) < 4.78 is 10.5. The number of carbonyl (C=O) groups excluding carboxylic acids is 1. The summed E-state index contributed by atoms with van der Waals surface area (Å²) in [6.07, 6.45) is -0.793. The molecule has 0 aliphatic carbocycles. The van der Waals surface area contributed by atoms with Crippen LogP contribution in [0.2, 0.25) is 0 Å². The van der Waals surface area contributed by atoms with Gasteiger partial charge in [0.05, 0.1) is 0 Å². The minimum atomic E-state index is -4.64. The van der Waals surface area contributed by atoms with Crippen molar-refractivity contribution in [2.75, 3.05) is 12.7 Å². The van der Waals surface area contributed by atoms with Gasteiger partial charge in [-0.1, -0.05) is 44.0 Å². The van der Waals surface area contributed by atoms with Gasteiger partial charge in [0.1, 0.15) is 0 Å². The van der Waals surface area contributed by atoms with Gasteiger partial charge < -0.3 is 24.6 Å². The van der Waals surface area contributed by atoms with Crippen LogP contribution in [0.1, 0.15) is 16.8 Å². The number of carbonyl (C=O) groups is 1. The summed E-state index contributed by atoms with van der Waals surface area (Å²) in [5.41, 5.74) is 0.260. The molecule has 0 N–H and O–H groups in total. The third-order valence-electron chi connectivity index (χ3n) is 3.04. The molecule has 0 aromatic heterocycles. The maximum absolute atomic E-state index is 12.1. The molecule has 2 aromatic carbocycles. The fourth-order valence-electron chi connectivity index (χ4n) is 2.06. The van der Waals surface area contributed by atoms with E-state index in [-0.39, 0.29) is 23.6 Å². The molecule has 0 heterocycles. The maximum atomic E-state index is 12.1. The molecule has 2 aromatic rings. The Kier molecular flexibility index (Phi) is 4.75. The molecular formula is C14H13NO5P-3. The van der Waals surface area contributed by atoms with Gasteiger partial charge in [-0.25, -0.2) is 0 Å². The Bertz CT molecular complexity index is 691. The monoisotopic (exact) mass is 306 g/mol. The molecule has 6 nitrogen and oxygen atoms in total. The first-order valence-corrected chi connectivity index (χ1v) is 8.09. The quantitative estimate of drug-likeness (QED) is 0.607. The van der Waals surface area contributed by atoms with Gasteiger partial charge in [-0.2, -0.15) is 0 Å². The van der Waals surface area contributed by atoms with Crippen LogP contribution in [0.5, 0.6) is 0 Å². The number of fused-ring (bicyclic) bond motifs is 1. The van der Waals surface area contributed by atoms with Crippen molar-refractivity contribution in [3.63, 3.8) is 0 Å². The van der Waals surface area contributed by atoms with E-state index in [1.165, 1.54) is 0 Å². The number of hydrogen-bond acceptors (Lipinski definition) is 5. The van der Waals surface area contributed by atoms with Crippen LogP contribution >= 0.6 is 7.60 Å². The largest absolute Gasteiger partial charge is 0.811 e. The van der Waals surface area contributed by atoms with Crippen molar-refractivity contribution in [2.24, 2.45) is 0 Å². The van der Waals surface area contributed by atoms with E-state index >= 15 is 0 Å². The molecule has 0 saturated heterocycles. The van der Waals surface area contributed by atoms with Crippen molar-refractivity contribution in [1.82, 2.24) is 5.06 Å². The highest BCUT2D eigenvalue weighted by Gasteiger charge is 2.11. The predicted molar refractivity (Wildman–Crippen MR) is 75.4 cm³/mol. The molecule has 112 valence electrons. The van der Waals surface area contributed by atoms with Crippen molar-refractivity contribution in [3.8, 4) is 0 Å². The highest BCUT2D eigenvalue weighted by molar-refractivity contribution is 7.48. The van der Waals surface area contributed by atoms with Crippen LogP contribution in [0.15, 0.2) is 42.5 Å². The number of benzene rings is 2. The Hall–Kier alpha value is -1.72. The van der Waals surface area contributed by atoms with Crippen molar-refractivity contribution in [2.45, 2.75) is 6.42 Å². The summed E-state index contributed by atoms with van der Waals surface area (Å²) in [6, 6.07) is 12.2. The molecule has 0 atom stereocenters. The van der Waals surface area contributed by atoms with E-state index in [1.807, 2.05) is 18.2 Å². The Morgan fingerprint density at radius 3 is 2.48 bits per heavy atom. The molecule has 0 bridgehead atoms. The van der Waals surface area contributed by atoms with Crippen molar-refractivity contribution < 1.29 is 19.1 Å². The molecule has 0 spiro atoms. The normalized spacial score (nSPS) is 11.6. The Morgan fingerprint density at radius 1 is 1.10 bits per heavy atom. The first kappa shape index (κ1) is 15.7. The topological polar surface area (TPSA) is 107 Å². The van der Waals surface area contributed by atoms with Gasteiger partial charge in [-0.05, 0) is 29.4 Å². The summed E-state index contributed by atoms with van der Waals surface area (Å²) in [7, 11) is -4.64. The average molecular weight is 306 g/mol. The summed E-state index contributed by atoms with van der Waals surface area (Å²) in [5.74, 6) is -0.738. The Balaban J connectivity index is 2.13. The summed E-state index contributed by atoms with van der Waals surface area (Å²) in [5, 5.41) is 13.4. The van der Waals surface area contributed by atoms with E-state index in [0.29, 0.717) is 5.39 Å². The number of rotatable bonds is 5. The zero-order valence-corrected chi connectivity index (χ0v) is 12.0. The maximum Gasteiger partial charge on any atom is 0.243 e. The van der Waals surface area contributed by atoms with Crippen molar-refractivity contribution in [3.05, 3.63) is 53.2 Å². The van der Waals surface area contributed by atoms with Crippen LogP contribution in [0.3, 0.4) is 0 Å². The lowest BCUT2D eigenvalue weighted by Crippen LogP contribution is -2.28. The minimum Gasteiger partial charge on any atom is -0.811 e. The van der Waals surface area contributed by atoms with E-state index in [2.05, 4.69) is 0 Å². The molecule has 0 aliphatic heterocycles. The van der Waals surface area contributed by atoms with Crippen molar-refractivity contribution in [1.29, 1.82) is 0 Å². The lowest BCUT2D eigenvalue weighted by molar-refractivity contribution is -0.313. The number of amides is 1. The van der Waals surface area contributed by atoms with Crippen molar-refractivity contribution >= 4 is 24.3 Å². The number of nitrogens with zero attached hydrogens (tertiary/aromatic N) is 1. The molecule has 0 radical (unpaired) electrons. The fourth-order valence-corrected chi connectivity index (χ4v) is 2.58. The minimum absolute atomic E-state index is 0.162. The highest BCUT2D eigenvalue weighted by atomic mass is 31.2. The van der Waals surface area contributed by atoms with E-state index in [1.54, 1.807) is 24.3 Å². The lowest BCUT2D eigenvalue weighted by atomic mass is 10.0. The average Bonchev–Trinajstić information content (AvgIpc) is 2.44. The number of hydroxylamine groups is 2. The van der Waals surface area contributed by atoms with Crippen LogP contribution in [0.4, 0.5) is 0 Å². The van der Waals surface area contributed by atoms with Crippen LogP contribution < -0.4 is 9.79 Å². The molecular weight excluding hydrogens is 293 g/mol. The van der Waals surface area contributed by atoms with E-state index in [0.717, 1.165) is 5.39 Å². The smallest absolute Gasteiger partial charge is 0.243 e. The van der Waals surface area contributed by atoms with Crippen LogP contribution in [0.25, 0.3) is 10.8 Å². The van der Waals surface area contributed by atoms with E-state index < -0.39 is 19.7 Å². The third-order valence-corrected chi connectivity index (χ3v) is 3.90. The van der Waals surface area contributed by atoms with Gasteiger partial charge in [-0.3, -0.25) is 4.79 Å². The molecule has 0 saturated carbocycles. The van der Waals surface area contributed by atoms with Crippen LogP contribution in [-0.2, 0) is 4.57 Å². The van der Waals surface area contributed by atoms with Gasteiger partial charge in [0, 0.05) is 12.1 Å².